The fraction of sp³-hybridized carbons (Fsp3) is 0.300. The zero-order chi connectivity index (χ0) is 11.4. The fourth-order valence-corrected chi connectivity index (χ4v) is 1.37. The first-order valence-electron chi connectivity index (χ1n) is 4.35. The molecule has 0 unspecified atom stereocenters. The monoisotopic (exact) mass is 265 g/mol. The SMILES string of the molecule is COc1cc(C[C@@H](N)C(=O)O)ccc1Cl.Cl. The van der Waals surface area contributed by atoms with Crippen LogP contribution >= 0.6 is 24.0 Å². The number of nitrogens with two attached hydrogens (primary N) is 1. The molecule has 0 bridgehead atoms. The van der Waals surface area contributed by atoms with Gasteiger partial charge in [-0.15, -0.1) is 12.4 Å². The summed E-state index contributed by atoms with van der Waals surface area (Å²) in [4.78, 5) is 10.5. The molecule has 1 atom stereocenters. The predicted molar refractivity (Wildman–Crippen MR) is 64.6 cm³/mol. The lowest BCUT2D eigenvalue weighted by atomic mass is 10.1. The van der Waals surface area contributed by atoms with E-state index in [1.54, 1.807) is 18.2 Å². The summed E-state index contributed by atoms with van der Waals surface area (Å²) in [6.45, 7) is 0. The van der Waals surface area contributed by atoms with Gasteiger partial charge in [0.05, 0.1) is 12.1 Å². The van der Waals surface area contributed by atoms with Crippen LogP contribution in [0.2, 0.25) is 5.02 Å². The molecule has 3 N–H and O–H groups in total. The summed E-state index contributed by atoms with van der Waals surface area (Å²) in [5.41, 5.74) is 6.19. The van der Waals surface area contributed by atoms with Crippen molar-refractivity contribution in [1.29, 1.82) is 0 Å². The minimum Gasteiger partial charge on any atom is -0.495 e. The number of ether oxygens (including phenoxy) is 1. The second kappa shape index (κ2) is 6.58. The van der Waals surface area contributed by atoms with E-state index in [2.05, 4.69) is 0 Å². The van der Waals surface area contributed by atoms with Gasteiger partial charge in [0.15, 0.2) is 0 Å². The molecular formula is C10H13Cl2NO3. The number of carboxylic acid groups (broad SMARTS) is 1. The maximum Gasteiger partial charge on any atom is 0.320 e. The van der Waals surface area contributed by atoms with Gasteiger partial charge in [-0.2, -0.15) is 0 Å². The third-order valence-electron chi connectivity index (χ3n) is 1.99. The molecule has 90 valence electrons. The highest BCUT2D eigenvalue weighted by atomic mass is 35.5. The minimum atomic E-state index is -1.02. The quantitative estimate of drug-likeness (QED) is 0.870. The second-order valence-corrected chi connectivity index (χ2v) is 3.52. The molecule has 0 aliphatic carbocycles. The standard InChI is InChI=1S/C10H12ClNO3.ClH/c1-15-9-5-6(2-3-7(9)11)4-8(12)10(13)14;/h2-3,5,8H,4,12H2,1H3,(H,13,14);1H/t8-;/m1./s1. The van der Waals surface area contributed by atoms with E-state index < -0.39 is 12.0 Å². The summed E-state index contributed by atoms with van der Waals surface area (Å²) in [5.74, 6) is -0.504. The largest absolute Gasteiger partial charge is 0.495 e. The summed E-state index contributed by atoms with van der Waals surface area (Å²) in [6, 6.07) is 4.17. The van der Waals surface area contributed by atoms with E-state index in [-0.39, 0.29) is 18.8 Å². The zero-order valence-electron chi connectivity index (χ0n) is 8.64. The Balaban J connectivity index is 0.00000225. The third kappa shape index (κ3) is 3.89. The van der Waals surface area contributed by atoms with Gasteiger partial charge in [-0.3, -0.25) is 4.79 Å². The first-order chi connectivity index (χ1) is 7.04. The van der Waals surface area contributed by atoms with Crippen molar-refractivity contribution in [1.82, 2.24) is 0 Å². The molecule has 4 nitrogen and oxygen atoms in total. The topological polar surface area (TPSA) is 72.5 Å². The molecule has 6 heteroatoms. The summed E-state index contributed by atoms with van der Waals surface area (Å²) in [7, 11) is 1.50. The van der Waals surface area contributed by atoms with E-state index in [0.29, 0.717) is 10.8 Å². The third-order valence-corrected chi connectivity index (χ3v) is 2.30. The van der Waals surface area contributed by atoms with Crippen molar-refractivity contribution in [2.45, 2.75) is 12.5 Å². The van der Waals surface area contributed by atoms with Crippen LogP contribution in [0.3, 0.4) is 0 Å². The molecule has 0 radical (unpaired) electrons. The fourth-order valence-electron chi connectivity index (χ4n) is 1.17. The van der Waals surface area contributed by atoms with E-state index in [0.717, 1.165) is 5.56 Å². The van der Waals surface area contributed by atoms with Crippen molar-refractivity contribution in [3.05, 3.63) is 28.8 Å². The molecule has 0 amide bonds. The van der Waals surface area contributed by atoms with Crippen molar-refractivity contribution in [3.8, 4) is 5.75 Å². The summed E-state index contributed by atoms with van der Waals surface area (Å²) < 4.78 is 5.01. The molecule has 1 aromatic carbocycles. The van der Waals surface area contributed by atoms with Crippen LogP contribution in [0.25, 0.3) is 0 Å². The summed E-state index contributed by atoms with van der Waals surface area (Å²) >= 11 is 5.82. The van der Waals surface area contributed by atoms with Crippen molar-refractivity contribution in [2.24, 2.45) is 5.73 Å². The molecule has 0 saturated heterocycles. The number of rotatable bonds is 4. The number of halogens is 2. The molecule has 0 heterocycles. The smallest absolute Gasteiger partial charge is 0.320 e. The molecule has 0 aromatic heterocycles. The van der Waals surface area contributed by atoms with Crippen molar-refractivity contribution in [2.75, 3.05) is 7.11 Å². The summed E-state index contributed by atoms with van der Waals surface area (Å²) in [5, 5.41) is 9.13. The van der Waals surface area contributed by atoms with Crippen molar-refractivity contribution >= 4 is 30.0 Å². The highest BCUT2D eigenvalue weighted by Crippen LogP contribution is 2.25. The Kier molecular flexibility index (Phi) is 6.18. The molecule has 0 spiro atoms. The van der Waals surface area contributed by atoms with Gasteiger partial charge in [-0.25, -0.2) is 0 Å². The molecule has 0 fully saturated rings. The highest BCUT2D eigenvalue weighted by molar-refractivity contribution is 6.32. The number of benzene rings is 1. The van der Waals surface area contributed by atoms with Crippen LogP contribution in [0, 0.1) is 0 Å². The molecule has 1 rings (SSSR count). The first-order valence-corrected chi connectivity index (χ1v) is 4.73. The Morgan fingerprint density at radius 3 is 2.75 bits per heavy atom. The van der Waals surface area contributed by atoms with Crippen LogP contribution < -0.4 is 10.5 Å². The average Bonchev–Trinajstić information content (AvgIpc) is 2.20. The van der Waals surface area contributed by atoms with Gasteiger partial charge in [0.1, 0.15) is 11.8 Å². The van der Waals surface area contributed by atoms with Crippen molar-refractivity contribution < 1.29 is 14.6 Å². The van der Waals surface area contributed by atoms with Crippen LogP contribution in [-0.4, -0.2) is 24.2 Å². The zero-order valence-corrected chi connectivity index (χ0v) is 10.2. The molecular weight excluding hydrogens is 253 g/mol. The van der Waals surface area contributed by atoms with Crippen LogP contribution in [0.5, 0.6) is 5.75 Å². The Labute approximate surface area is 105 Å². The van der Waals surface area contributed by atoms with E-state index in [1.807, 2.05) is 0 Å². The minimum absolute atomic E-state index is 0. The predicted octanol–water partition coefficient (Wildman–Crippen LogP) is 1.72. The number of hydrogen-bond donors (Lipinski definition) is 2. The van der Waals surface area contributed by atoms with Gasteiger partial charge < -0.3 is 15.6 Å². The lowest BCUT2D eigenvalue weighted by Crippen LogP contribution is -2.32. The second-order valence-electron chi connectivity index (χ2n) is 3.12. The van der Waals surface area contributed by atoms with Crippen LogP contribution in [0.15, 0.2) is 18.2 Å². The van der Waals surface area contributed by atoms with Crippen LogP contribution in [-0.2, 0) is 11.2 Å². The Hall–Kier alpha value is -0.970. The van der Waals surface area contributed by atoms with Gasteiger partial charge in [0.2, 0.25) is 0 Å². The number of hydrogen-bond acceptors (Lipinski definition) is 3. The maximum atomic E-state index is 10.5. The molecule has 16 heavy (non-hydrogen) atoms. The van der Waals surface area contributed by atoms with Gasteiger partial charge in [0.25, 0.3) is 0 Å². The van der Waals surface area contributed by atoms with Gasteiger partial charge in [-0.1, -0.05) is 17.7 Å². The summed E-state index contributed by atoms with van der Waals surface area (Å²) in [6.07, 6.45) is 0.253. The molecule has 0 saturated carbocycles. The molecule has 1 aromatic rings. The van der Waals surface area contributed by atoms with Gasteiger partial charge >= 0.3 is 5.97 Å². The Bertz CT molecular complexity index is 371. The first kappa shape index (κ1) is 15.0. The number of aliphatic carboxylic acids is 1. The van der Waals surface area contributed by atoms with Crippen LogP contribution in [0.4, 0.5) is 0 Å². The van der Waals surface area contributed by atoms with Gasteiger partial charge in [-0.05, 0) is 24.1 Å². The average molecular weight is 266 g/mol. The number of carbonyl (C=O) groups is 1. The van der Waals surface area contributed by atoms with E-state index in [4.69, 9.17) is 27.2 Å². The van der Waals surface area contributed by atoms with Crippen molar-refractivity contribution in [3.63, 3.8) is 0 Å². The highest BCUT2D eigenvalue weighted by Gasteiger charge is 2.13. The van der Waals surface area contributed by atoms with Crippen LogP contribution in [0.1, 0.15) is 5.56 Å². The molecule has 0 aliphatic rings. The Morgan fingerprint density at radius 1 is 1.62 bits per heavy atom. The number of methoxy groups -OCH3 is 1. The van der Waals surface area contributed by atoms with E-state index >= 15 is 0 Å². The maximum absolute atomic E-state index is 10.5. The normalized spacial score (nSPS) is 11.4. The van der Waals surface area contributed by atoms with E-state index in [9.17, 15) is 4.79 Å². The Morgan fingerprint density at radius 2 is 2.25 bits per heavy atom. The lowest BCUT2D eigenvalue weighted by molar-refractivity contribution is -0.138. The number of carboxylic acids is 1. The van der Waals surface area contributed by atoms with E-state index in [1.165, 1.54) is 7.11 Å². The lowest BCUT2D eigenvalue weighted by Gasteiger charge is -2.08. The van der Waals surface area contributed by atoms with Gasteiger partial charge in [0, 0.05) is 0 Å². The molecule has 0 aliphatic heterocycles.